The summed E-state index contributed by atoms with van der Waals surface area (Å²) in [5.74, 6) is 1.67. The summed E-state index contributed by atoms with van der Waals surface area (Å²) >= 11 is 0. The van der Waals surface area contributed by atoms with E-state index in [0.29, 0.717) is 17.8 Å². The molecule has 0 N–H and O–H groups in total. The van der Waals surface area contributed by atoms with Crippen molar-refractivity contribution >= 4 is 12.9 Å². The highest BCUT2D eigenvalue weighted by molar-refractivity contribution is 6.82. The van der Waals surface area contributed by atoms with Crippen LogP contribution >= 0.6 is 0 Å². The minimum absolute atomic E-state index is 0.542. The van der Waals surface area contributed by atoms with Crippen LogP contribution in [0.1, 0.15) is 41.5 Å². The van der Waals surface area contributed by atoms with Gasteiger partial charge in [-0.3, -0.25) is 4.99 Å². The van der Waals surface area contributed by atoms with Gasteiger partial charge in [0.1, 0.15) is 0 Å². The first-order valence-corrected chi connectivity index (χ1v) is 5.60. The van der Waals surface area contributed by atoms with Crippen LogP contribution in [0, 0.1) is 17.8 Å². The lowest BCUT2D eigenvalue weighted by molar-refractivity contribution is 0.713. The highest BCUT2D eigenvalue weighted by atomic mass is 14.8. The molecule has 0 unspecified atom stereocenters. The fourth-order valence-corrected chi connectivity index (χ4v) is 1.69. The molecule has 1 nitrogen and oxygen atoms in total. The van der Waals surface area contributed by atoms with Crippen LogP contribution in [0.3, 0.4) is 0 Å². The lowest BCUT2D eigenvalue weighted by atomic mass is 9.59. The van der Waals surface area contributed by atoms with Crippen molar-refractivity contribution in [3.8, 4) is 0 Å². The summed E-state index contributed by atoms with van der Waals surface area (Å²) in [7, 11) is 2.28. The molecule has 0 fully saturated rings. The monoisotopic (exact) mass is 190 g/mol. The molecule has 0 aliphatic carbocycles. The maximum atomic E-state index is 4.73. The van der Waals surface area contributed by atoms with Crippen molar-refractivity contribution in [2.75, 3.05) is 0 Å². The third-order valence-corrected chi connectivity index (χ3v) is 2.61. The van der Waals surface area contributed by atoms with E-state index in [1.54, 1.807) is 0 Å². The summed E-state index contributed by atoms with van der Waals surface area (Å²) in [6.07, 6.45) is 0. The molecule has 0 aromatic heterocycles. The zero-order chi connectivity index (χ0) is 10.9. The highest BCUT2D eigenvalue weighted by Gasteiger charge is 2.24. The predicted molar refractivity (Wildman–Crippen MR) is 64.7 cm³/mol. The smallest absolute Gasteiger partial charge is 0.208 e. The lowest BCUT2D eigenvalue weighted by Crippen LogP contribution is -2.16. The fourth-order valence-electron chi connectivity index (χ4n) is 1.69. The van der Waals surface area contributed by atoms with E-state index in [1.165, 1.54) is 16.8 Å². The maximum Gasteiger partial charge on any atom is 0.208 e. The van der Waals surface area contributed by atoms with Crippen molar-refractivity contribution in [1.29, 1.82) is 0 Å². The summed E-state index contributed by atoms with van der Waals surface area (Å²) in [5, 5.41) is 0. The Bertz CT molecular complexity index is 272. The maximum absolute atomic E-state index is 4.73. The minimum Gasteiger partial charge on any atom is -0.273 e. The summed E-state index contributed by atoms with van der Waals surface area (Å²) in [6, 6.07) is 0. The van der Waals surface area contributed by atoms with E-state index in [1.807, 2.05) is 0 Å². The Kier molecular flexibility index (Phi) is 3.57. The van der Waals surface area contributed by atoms with Gasteiger partial charge in [0.25, 0.3) is 0 Å². The van der Waals surface area contributed by atoms with Crippen molar-refractivity contribution in [2.45, 2.75) is 41.5 Å². The predicted octanol–water partition coefficient (Wildman–Crippen LogP) is 3.28. The van der Waals surface area contributed by atoms with E-state index in [-0.39, 0.29) is 0 Å². The van der Waals surface area contributed by atoms with Crippen molar-refractivity contribution in [3.63, 3.8) is 0 Å². The molecule has 1 aliphatic heterocycles. The first-order valence-electron chi connectivity index (χ1n) is 5.60. The summed E-state index contributed by atoms with van der Waals surface area (Å²) < 4.78 is 0. The number of nitrogens with zero attached hydrogens (tertiary/aromatic N) is 1. The molecule has 2 heteroatoms. The van der Waals surface area contributed by atoms with Crippen LogP contribution in [0.5, 0.6) is 0 Å². The molecule has 0 aromatic rings. The van der Waals surface area contributed by atoms with Crippen LogP contribution < -0.4 is 0 Å². The van der Waals surface area contributed by atoms with Crippen LogP contribution in [0.25, 0.3) is 0 Å². The number of hydrogen-bond acceptors (Lipinski definition) is 1. The van der Waals surface area contributed by atoms with Gasteiger partial charge in [0.2, 0.25) is 7.28 Å². The Morgan fingerprint density at radius 2 is 1.43 bits per heavy atom. The summed E-state index contributed by atoms with van der Waals surface area (Å²) in [4.78, 5) is 4.73. The average molecular weight is 190 g/mol. The Morgan fingerprint density at radius 1 is 0.857 bits per heavy atom. The standard InChI is InChI=1S/C12H21BN/c1-7(2)10-11(8(3)4)14-12(13-10)9(5)6/h7-9H,1-6H3. The zero-order valence-electron chi connectivity index (χ0n) is 10.3. The van der Waals surface area contributed by atoms with Crippen molar-refractivity contribution in [2.24, 2.45) is 22.7 Å². The van der Waals surface area contributed by atoms with E-state index in [2.05, 4.69) is 48.8 Å². The first-order chi connectivity index (χ1) is 6.43. The second-order valence-corrected chi connectivity index (χ2v) is 4.99. The van der Waals surface area contributed by atoms with Crippen LogP contribution in [-0.2, 0) is 0 Å². The van der Waals surface area contributed by atoms with E-state index in [9.17, 15) is 0 Å². The van der Waals surface area contributed by atoms with Gasteiger partial charge in [-0.1, -0.05) is 47.0 Å². The summed E-state index contributed by atoms with van der Waals surface area (Å²) in [6.45, 7) is 13.3. The van der Waals surface area contributed by atoms with Gasteiger partial charge >= 0.3 is 0 Å². The van der Waals surface area contributed by atoms with E-state index < -0.39 is 0 Å². The molecule has 0 spiro atoms. The molecule has 1 rings (SSSR count). The van der Waals surface area contributed by atoms with Gasteiger partial charge in [0, 0.05) is 5.70 Å². The lowest BCUT2D eigenvalue weighted by Gasteiger charge is -2.11. The summed E-state index contributed by atoms with van der Waals surface area (Å²) in [5.41, 5.74) is 3.98. The number of aliphatic imine (C=N–C) groups is 1. The first kappa shape index (κ1) is 11.5. The van der Waals surface area contributed by atoms with Crippen molar-refractivity contribution in [1.82, 2.24) is 0 Å². The van der Waals surface area contributed by atoms with Crippen LogP contribution in [0.15, 0.2) is 16.2 Å². The van der Waals surface area contributed by atoms with Crippen LogP contribution in [-0.4, -0.2) is 12.9 Å². The molecule has 0 atom stereocenters. The molecule has 0 bridgehead atoms. The van der Waals surface area contributed by atoms with Crippen LogP contribution in [0.4, 0.5) is 0 Å². The molecule has 0 saturated carbocycles. The Labute approximate surface area is 88.9 Å². The van der Waals surface area contributed by atoms with Crippen LogP contribution in [0.2, 0.25) is 0 Å². The van der Waals surface area contributed by atoms with Gasteiger partial charge in [0.05, 0.1) is 0 Å². The van der Waals surface area contributed by atoms with E-state index >= 15 is 0 Å². The topological polar surface area (TPSA) is 12.4 Å². The molecule has 1 radical (unpaired) electrons. The molecule has 0 amide bonds. The number of rotatable bonds is 3. The minimum atomic E-state index is 0.542. The fraction of sp³-hybridized carbons (Fsp3) is 0.750. The molecule has 0 saturated heterocycles. The number of allylic oxidation sites excluding steroid dienone is 2. The Hall–Kier alpha value is -0.525. The van der Waals surface area contributed by atoms with Crippen molar-refractivity contribution in [3.05, 3.63) is 11.2 Å². The molecule has 14 heavy (non-hydrogen) atoms. The van der Waals surface area contributed by atoms with Gasteiger partial charge in [-0.15, -0.1) is 0 Å². The third-order valence-electron chi connectivity index (χ3n) is 2.61. The average Bonchev–Trinajstić information content (AvgIpc) is 2.47. The molecular formula is C12H21BN. The van der Waals surface area contributed by atoms with Gasteiger partial charge in [0.15, 0.2) is 0 Å². The SMILES string of the molecule is CC(C)C1=NC(C(C)C)=C(C(C)C)[B]1. The molecular weight excluding hydrogens is 169 g/mol. The van der Waals surface area contributed by atoms with Crippen molar-refractivity contribution < 1.29 is 0 Å². The molecule has 77 valence electrons. The van der Waals surface area contributed by atoms with Gasteiger partial charge in [-0.2, -0.15) is 0 Å². The second kappa shape index (κ2) is 4.33. The molecule has 1 heterocycles. The number of hydrogen-bond donors (Lipinski definition) is 0. The van der Waals surface area contributed by atoms with Gasteiger partial charge < -0.3 is 0 Å². The quantitative estimate of drug-likeness (QED) is 0.605. The second-order valence-electron chi connectivity index (χ2n) is 4.99. The largest absolute Gasteiger partial charge is 0.273 e. The Balaban J connectivity index is 2.92. The normalized spacial score (nSPS) is 17.1. The van der Waals surface area contributed by atoms with Gasteiger partial charge in [-0.25, -0.2) is 0 Å². The van der Waals surface area contributed by atoms with Gasteiger partial charge in [-0.05, 0) is 23.4 Å². The highest BCUT2D eigenvalue weighted by Crippen LogP contribution is 2.27. The molecule has 0 aromatic carbocycles. The van der Waals surface area contributed by atoms with E-state index in [4.69, 9.17) is 4.99 Å². The zero-order valence-corrected chi connectivity index (χ0v) is 10.3. The van der Waals surface area contributed by atoms with E-state index in [0.717, 1.165) is 0 Å². The molecule has 1 aliphatic rings. The Morgan fingerprint density at radius 3 is 1.71 bits per heavy atom. The third kappa shape index (κ3) is 2.28.